The van der Waals surface area contributed by atoms with E-state index in [1.807, 2.05) is 30.3 Å². The van der Waals surface area contributed by atoms with Crippen LogP contribution in [0.4, 0.5) is 0 Å². The van der Waals surface area contributed by atoms with E-state index in [1.54, 1.807) is 24.3 Å². The van der Waals surface area contributed by atoms with Gasteiger partial charge in [0.15, 0.2) is 5.82 Å². The summed E-state index contributed by atoms with van der Waals surface area (Å²) in [5, 5.41) is 11.4. The molecule has 0 fully saturated rings. The van der Waals surface area contributed by atoms with Gasteiger partial charge in [0.2, 0.25) is 5.91 Å². The Morgan fingerprint density at radius 3 is 2.59 bits per heavy atom. The van der Waals surface area contributed by atoms with Crippen LogP contribution in [0.3, 0.4) is 0 Å². The normalized spacial score (nSPS) is 10.6. The van der Waals surface area contributed by atoms with Crippen molar-refractivity contribution in [3.05, 3.63) is 81.2 Å². The van der Waals surface area contributed by atoms with E-state index in [2.05, 4.69) is 20.5 Å². The second kappa shape index (κ2) is 9.09. The fourth-order valence-electron chi connectivity index (χ4n) is 2.60. The number of H-pyrrole nitrogens is 1. The fraction of sp³-hybridized carbons (Fsp3) is 0.200. The van der Waals surface area contributed by atoms with Crippen molar-refractivity contribution in [1.29, 1.82) is 0 Å². The molecule has 1 aromatic heterocycles. The van der Waals surface area contributed by atoms with Crippen molar-refractivity contribution >= 4 is 17.5 Å². The second-order valence-corrected chi connectivity index (χ2v) is 6.48. The average molecular weight is 383 g/mol. The second-order valence-electron chi connectivity index (χ2n) is 6.05. The first-order valence-corrected chi connectivity index (χ1v) is 9.02. The van der Waals surface area contributed by atoms with Gasteiger partial charge >= 0.3 is 0 Å². The third-order valence-electron chi connectivity index (χ3n) is 4.03. The van der Waals surface area contributed by atoms with Crippen LogP contribution in [0.2, 0.25) is 5.02 Å². The van der Waals surface area contributed by atoms with Gasteiger partial charge in [-0.15, -0.1) is 10.2 Å². The number of aryl methyl sites for hydroxylation is 1. The fourth-order valence-corrected chi connectivity index (χ4v) is 2.79. The third-order valence-corrected chi connectivity index (χ3v) is 4.27. The number of benzene rings is 2. The molecule has 2 N–H and O–H groups in total. The zero-order valence-electron chi connectivity index (χ0n) is 14.6. The maximum absolute atomic E-state index is 12.2. The van der Waals surface area contributed by atoms with Gasteiger partial charge in [0, 0.05) is 30.0 Å². The summed E-state index contributed by atoms with van der Waals surface area (Å²) < 4.78 is 0. The van der Waals surface area contributed by atoms with Crippen LogP contribution in [0, 0.1) is 0 Å². The number of amides is 1. The lowest BCUT2D eigenvalue weighted by Gasteiger charge is -2.05. The summed E-state index contributed by atoms with van der Waals surface area (Å²) in [6.07, 6.45) is 1.18. The average Bonchev–Trinajstić information content (AvgIpc) is 2.68. The van der Waals surface area contributed by atoms with Gasteiger partial charge in [0.1, 0.15) is 5.69 Å². The molecule has 2 aromatic carbocycles. The summed E-state index contributed by atoms with van der Waals surface area (Å²) >= 11 is 5.95. The molecule has 1 heterocycles. The Morgan fingerprint density at radius 1 is 1.04 bits per heavy atom. The molecule has 0 bridgehead atoms. The van der Waals surface area contributed by atoms with E-state index in [0.717, 1.165) is 12.0 Å². The largest absolute Gasteiger partial charge is 0.356 e. The number of carbonyl (C=O) groups excluding carboxylic acids is 1. The molecule has 0 unspecified atom stereocenters. The van der Waals surface area contributed by atoms with E-state index in [4.69, 9.17) is 11.6 Å². The number of halogens is 1. The van der Waals surface area contributed by atoms with E-state index >= 15 is 0 Å². The van der Waals surface area contributed by atoms with Gasteiger partial charge in [-0.25, -0.2) is 0 Å². The van der Waals surface area contributed by atoms with Gasteiger partial charge in [-0.2, -0.15) is 0 Å². The van der Waals surface area contributed by atoms with Gasteiger partial charge in [-0.1, -0.05) is 54.1 Å². The maximum atomic E-state index is 12.2. The van der Waals surface area contributed by atoms with Crippen LogP contribution in [0.25, 0.3) is 11.4 Å². The molecule has 138 valence electrons. The molecule has 3 aromatic rings. The molecule has 3 rings (SSSR count). The zero-order chi connectivity index (χ0) is 19.1. The highest BCUT2D eigenvalue weighted by atomic mass is 35.5. The van der Waals surface area contributed by atoms with Crippen molar-refractivity contribution in [2.45, 2.75) is 19.3 Å². The molecule has 0 aliphatic heterocycles. The Balaban J connectivity index is 1.52. The van der Waals surface area contributed by atoms with Crippen LogP contribution in [0.1, 0.15) is 17.7 Å². The van der Waals surface area contributed by atoms with Crippen LogP contribution in [0.15, 0.2) is 59.4 Å². The Morgan fingerprint density at radius 2 is 1.85 bits per heavy atom. The van der Waals surface area contributed by atoms with Crippen LogP contribution in [0.5, 0.6) is 0 Å². The lowest BCUT2D eigenvalue weighted by molar-refractivity contribution is -0.121. The first kappa shape index (κ1) is 18.8. The molecule has 27 heavy (non-hydrogen) atoms. The van der Waals surface area contributed by atoms with E-state index < -0.39 is 0 Å². The molecular formula is C20H19ClN4O2. The summed E-state index contributed by atoms with van der Waals surface area (Å²) in [6.45, 7) is 0.554. The van der Waals surface area contributed by atoms with Gasteiger partial charge in [-0.3, -0.25) is 9.59 Å². The smallest absolute Gasteiger partial charge is 0.273 e. The topological polar surface area (TPSA) is 87.7 Å². The Hall–Kier alpha value is -2.99. The molecule has 0 atom stereocenters. The van der Waals surface area contributed by atoms with Crippen molar-refractivity contribution in [2.24, 2.45) is 0 Å². The molecule has 0 radical (unpaired) electrons. The van der Waals surface area contributed by atoms with Gasteiger partial charge in [0.25, 0.3) is 5.56 Å². The number of aromatic amines is 1. The highest BCUT2D eigenvalue weighted by molar-refractivity contribution is 6.30. The first-order chi connectivity index (χ1) is 13.1. The van der Waals surface area contributed by atoms with Crippen molar-refractivity contribution < 1.29 is 4.79 Å². The molecule has 1 amide bonds. The van der Waals surface area contributed by atoms with Gasteiger partial charge in [0.05, 0.1) is 0 Å². The number of hydrogen-bond donors (Lipinski definition) is 2. The summed E-state index contributed by atoms with van der Waals surface area (Å²) in [5.74, 6) is 0.226. The van der Waals surface area contributed by atoms with Crippen molar-refractivity contribution in [3.63, 3.8) is 0 Å². The van der Waals surface area contributed by atoms with Crippen molar-refractivity contribution in [3.8, 4) is 11.4 Å². The monoisotopic (exact) mass is 382 g/mol. The van der Waals surface area contributed by atoms with Crippen molar-refractivity contribution in [2.75, 3.05) is 6.54 Å². The number of nitrogens with zero attached hydrogens (tertiary/aromatic N) is 2. The molecule has 0 saturated heterocycles. The van der Waals surface area contributed by atoms with Crippen LogP contribution < -0.4 is 10.9 Å². The SMILES string of the molecule is O=C(CCc1nnc(-c2cccc(Cl)c2)[nH]c1=O)NCCc1ccccc1. The number of aromatic nitrogens is 3. The number of rotatable bonds is 7. The van der Waals surface area contributed by atoms with Gasteiger partial charge in [-0.05, 0) is 24.1 Å². The van der Waals surface area contributed by atoms with E-state index in [9.17, 15) is 9.59 Å². The number of hydrogen-bond acceptors (Lipinski definition) is 4. The van der Waals surface area contributed by atoms with E-state index in [1.165, 1.54) is 0 Å². The lowest BCUT2D eigenvalue weighted by Crippen LogP contribution is -2.27. The third kappa shape index (κ3) is 5.49. The molecule has 6 nitrogen and oxygen atoms in total. The minimum atomic E-state index is -0.350. The standard InChI is InChI=1S/C20H19ClN4O2/c21-16-8-4-7-15(13-16)19-23-20(27)17(24-25-19)9-10-18(26)22-12-11-14-5-2-1-3-6-14/h1-8,13H,9-12H2,(H,22,26)(H,23,25,27). The van der Waals surface area contributed by atoms with Crippen LogP contribution in [-0.4, -0.2) is 27.6 Å². The lowest BCUT2D eigenvalue weighted by atomic mass is 10.1. The summed E-state index contributed by atoms with van der Waals surface area (Å²) in [5.41, 5.74) is 1.73. The molecule has 0 aliphatic carbocycles. The van der Waals surface area contributed by atoms with Crippen LogP contribution >= 0.6 is 11.6 Å². The molecular weight excluding hydrogens is 364 g/mol. The van der Waals surface area contributed by atoms with E-state index in [0.29, 0.717) is 23.0 Å². The molecule has 0 spiro atoms. The highest BCUT2D eigenvalue weighted by Gasteiger charge is 2.09. The quantitative estimate of drug-likeness (QED) is 0.657. The maximum Gasteiger partial charge on any atom is 0.273 e. The van der Waals surface area contributed by atoms with Crippen molar-refractivity contribution in [1.82, 2.24) is 20.5 Å². The Bertz CT molecular complexity index is 973. The van der Waals surface area contributed by atoms with Crippen LogP contribution in [-0.2, 0) is 17.6 Å². The summed E-state index contributed by atoms with van der Waals surface area (Å²) in [7, 11) is 0. The predicted octanol–water partition coefficient (Wildman–Crippen LogP) is 2.78. The Labute approximate surface area is 161 Å². The van der Waals surface area contributed by atoms with Gasteiger partial charge < -0.3 is 10.3 Å². The first-order valence-electron chi connectivity index (χ1n) is 8.64. The molecule has 7 heteroatoms. The molecule has 0 aliphatic rings. The highest BCUT2D eigenvalue weighted by Crippen LogP contribution is 2.17. The van der Waals surface area contributed by atoms with E-state index in [-0.39, 0.29) is 30.0 Å². The summed E-state index contributed by atoms with van der Waals surface area (Å²) in [4.78, 5) is 26.8. The molecule has 0 saturated carbocycles. The number of nitrogens with one attached hydrogen (secondary N) is 2. The predicted molar refractivity (Wildman–Crippen MR) is 105 cm³/mol. The zero-order valence-corrected chi connectivity index (χ0v) is 15.4. The minimum absolute atomic E-state index is 0.119. The number of carbonyl (C=O) groups is 1. The summed E-state index contributed by atoms with van der Waals surface area (Å²) in [6, 6.07) is 16.9. The minimum Gasteiger partial charge on any atom is -0.356 e. The Kier molecular flexibility index (Phi) is 6.33.